The molecule has 2 rings (SSSR count). The Morgan fingerprint density at radius 1 is 1.41 bits per heavy atom. The standard InChI is InChI=1S/C11H12FN3OS/c1-15-8-13-14-11(15)17-7-6-16-10-5-3-2-4-9(10)12/h2-5,8H,6-7H2,1H3. The zero-order valence-electron chi connectivity index (χ0n) is 9.34. The zero-order chi connectivity index (χ0) is 12.1. The highest BCUT2D eigenvalue weighted by molar-refractivity contribution is 7.99. The molecule has 0 saturated carbocycles. The number of para-hydroxylation sites is 1. The molecule has 0 amide bonds. The Kier molecular flexibility index (Phi) is 3.98. The highest BCUT2D eigenvalue weighted by Crippen LogP contribution is 2.17. The molecular weight excluding hydrogens is 241 g/mol. The molecular formula is C11H12FN3OS. The number of nitrogens with zero attached hydrogens (tertiary/aromatic N) is 3. The van der Waals surface area contributed by atoms with E-state index < -0.39 is 0 Å². The minimum Gasteiger partial charge on any atom is -0.490 e. The lowest BCUT2D eigenvalue weighted by Crippen LogP contribution is -2.02. The summed E-state index contributed by atoms with van der Waals surface area (Å²) in [6, 6.07) is 6.37. The van der Waals surface area contributed by atoms with Gasteiger partial charge in [0.05, 0.1) is 6.61 Å². The van der Waals surface area contributed by atoms with Crippen LogP contribution in [0.15, 0.2) is 35.7 Å². The monoisotopic (exact) mass is 253 g/mol. The number of aromatic nitrogens is 3. The highest BCUT2D eigenvalue weighted by atomic mass is 32.2. The van der Waals surface area contributed by atoms with E-state index in [2.05, 4.69) is 10.2 Å². The van der Waals surface area contributed by atoms with E-state index in [1.54, 1.807) is 24.5 Å². The van der Waals surface area contributed by atoms with E-state index in [1.165, 1.54) is 17.8 Å². The first kappa shape index (κ1) is 11.9. The molecule has 0 spiro atoms. The fraction of sp³-hybridized carbons (Fsp3) is 0.273. The van der Waals surface area contributed by atoms with Gasteiger partial charge in [0.25, 0.3) is 0 Å². The summed E-state index contributed by atoms with van der Waals surface area (Å²) in [7, 11) is 1.88. The molecule has 0 aliphatic rings. The molecule has 0 bridgehead atoms. The van der Waals surface area contributed by atoms with Crippen LogP contribution in [0.1, 0.15) is 0 Å². The van der Waals surface area contributed by atoms with Gasteiger partial charge < -0.3 is 9.30 Å². The second-order valence-electron chi connectivity index (χ2n) is 3.35. The number of thioether (sulfide) groups is 1. The molecule has 1 aromatic carbocycles. The van der Waals surface area contributed by atoms with Crippen LogP contribution < -0.4 is 4.74 Å². The van der Waals surface area contributed by atoms with Gasteiger partial charge in [-0.3, -0.25) is 0 Å². The van der Waals surface area contributed by atoms with Crippen molar-refractivity contribution in [1.82, 2.24) is 14.8 Å². The number of hydrogen-bond acceptors (Lipinski definition) is 4. The first-order valence-corrected chi connectivity index (χ1v) is 6.10. The number of aryl methyl sites for hydroxylation is 1. The summed E-state index contributed by atoms with van der Waals surface area (Å²) in [4.78, 5) is 0. The molecule has 17 heavy (non-hydrogen) atoms. The summed E-state index contributed by atoms with van der Waals surface area (Å²) >= 11 is 1.52. The summed E-state index contributed by atoms with van der Waals surface area (Å²) in [5.41, 5.74) is 0. The van der Waals surface area contributed by atoms with Gasteiger partial charge >= 0.3 is 0 Å². The molecule has 0 unspecified atom stereocenters. The van der Waals surface area contributed by atoms with E-state index in [4.69, 9.17) is 4.74 Å². The van der Waals surface area contributed by atoms with Gasteiger partial charge in [-0.05, 0) is 12.1 Å². The molecule has 90 valence electrons. The second kappa shape index (κ2) is 5.67. The van der Waals surface area contributed by atoms with Crippen LogP contribution in [0, 0.1) is 5.82 Å². The van der Waals surface area contributed by atoms with Gasteiger partial charge in [0.2, 0.25) is 0 Å². The van der Waals surface area contributed by atoms with Crippen molar-refractivity contribution >= 4 is 11.8 Å². The Bertz CT molecular complexity index is 489. The zero-order valence-corrected chi connectivity index (χ0v) is 10.2. The SMILES string of the molecule is Cn1cnnc1SCCOc1ccccc1F. The predicted molar refractivity (Wildman–Crippen MR) is 63.6 cm³/mol. The van der Waals surface area contributed by atoms with Crippen molar-refractivity contribution < 1.29 is 9.13 Å². The van der Waals surface area contributed by atoms with Crippen molar-refractivity contribution in [3.05, 3.63) is 36.4 Å². The summed E-state index contributed by atoms with van der Waals surface area (Å²) < 4.78 is 20.3. The maximum Gasteiger partial charge on any atom is 0.190 e. The maximum atomic E-state index is 13.2. The van der Waals surface area contributed by atoms with Crippen LogP contribution in [0.3, 0.4) is 0 Å². The summed E-state index contributed by atoms with van der Waals surface area (Å²) in [5.74, 6) is 0.642. The molecule has 6 heteroatoms. The lowest BCUT2D eigenvalue weighted by Gasteiger charge is -2.06. The van der Waals surface area contributed by atoms with Gasteiger partial charge in [0.1, 0.15) is 6.33 Å². The fourth-order valence-electron chi connectivity index (χ4n) is 1.25. The Labute approximate surface area is 103 Å². The van der Waals surface area contributed by atoms with Crippen LogP contribution in [0.2, 0.25) is 0 Å². The molecule has 0 saturated heterocycles. The van der Waals surface area contributed by atoms with Crippen molar-refractivity contribution in [2.24, 2.45) is 7.05 Å². The smallest absolute Gasteiger partial charge is 0.190 e. The molecule has 1 heterocycles. The number of rotatable bonds is 5. The molecule has 0 aliphatic heterocycles. The Morgan fingerprint density at radius 3 is 2.94 bits per heavy atom. The molecule has 0 fully saturated rings. The van der Waals surface area contributed by atoms with Crippen molar-refractivity contribution in [3.8, 4) is 5.75 Å². The van der Waals surface area contributed by atoms with E-state index in [-0.39, 0.29) is 11.6 Å². The quantitative estimate of drug-likeness (QED) is 0.604. The normalized spacial score (nSPS) is 10.5. The van der Waals surface area contributed by atoms with Crippen molar-refractivity contribution in [1.29, 1.82) is 0 Å². The average molecular weight is 253 g/mol. The van der Waals surface area contributed by atoms with Crippen LogP contribution in [-0.2, 0) is 7.05 Å². The number of ether oxygens (including phenoxy) is 1. The predicted octanol–water partition coefficient (Wildman–Crippen LogP) is 2.13. The molecule has 0 atom stereocenters. The molecule has 0 aliphatic carbocycles. The molecule has 2 aromatic rings. The van der Waals surface area contributed by atoms with Crippen LogP contribution in [0.25, 0.3) is 0 Å². The minimum atomic E-state index is -0.337. The summed E-state index contributed by atoms with van der Waals surface area (Å²) in [5, 5.41) is 8.51. The topological polar surface area (TPSA) is 39.9 Å². The maximum absolute atomic E-state index is 13.2. The Balaban J connectivity index is 1.77. The van der Waals surface area contributed by atoms with Crippen LogP contribution in [0.4, 0.5) is 4.39 Å². The average Bonchev–Trinajstić information content (AvgIpc) is 2.73. The third-order valence-corrected chi connectivity index (χ3v) is 3.08. The first-order chi connectivity index (χ1) is 8.27. The Hall–Kier alpha value is -1.56. The second-order valence-corrected chi connectivity index (χ2v) is 4.41. The van der Waals surface area contributed by atoms with Crippen molar-refractivity contribution in [2.45, 2.75) is 5.16 Å². The number of halogens is 1. The summed E-state index contributed by atoms with van der Waals surface area (Å²) in [6.07, 6.45) is 1.64. The van der Waals surface area contributed by atoms with Gasteiger partial charge in [-0.1, -0.05) is 23.9 Å². The molecule has 1 aromatic heterocycles. The van der Waals surface area contributed by atoms with Crippen LogP contribution >= 0.6 is 11.8 Å². The largest absolute Gasteiger partial charge is 0.490 e. The van der Waals surface area contributed by atoms with Gasteiger partial charge in [-0.15, -0.1) is 10.2 Å². The lowest BCUT2D eigenvalue weighted by atomic mass is 10.3. The van der Waals surface area contributed by atoms with E-state index in [9.17, 15) is 4.39 Å². The third-order valence-electron chi connectivity index (χ3n) is 2.08. The van der Waals surface area contributed by atoms with Crippen molar-refractivity contribution in [2.75, 3.05) is 12.4 Å². The molecule has 4 nitrogen and oxygen atoms in total. The van der Waals surface area contributed by atoms with E-state index in [1.807, 2.05) is 11.6 Å². The third kappa shape index (κ3) is 3.20. The molecule has 0 N–H and O–H groups in total. The fourth-order valence-corrected chi connectivity index (χ4v) is 1.95. The Morgan fingerprint density at radius 2 is 2.24 bits per heavy atom. The van der Waals surface area contributed by atoms with E-state index >= 15 is 0 Å². The van der Waals surface area contributed by atoms with Crippen LogP contribution in [-0.4, -0.2) is 27.1 Å². The van der Waals surface area contributed by atoms with Gasteiger partial charge in [0, 0.05) is 12.8 Å². The minimum absolute atomic E-state index is 0.283. The van der Waals surface area contributed by atoms with Gasteiger partial charge in [-0.2, -0.15) is 0 Å². The first-order valence-electron chi connectivity index (χ1n) is 5.11. The lowest BCUT2D eigenvalue weighted by molar-refractivity contribution is 0.325. The van der Waals surface area contributed by atoms with E-state index in [0.29, 0.717) is 12.4 Å². The van der Waals surface area contributed by atoms with Gasteiger partial charge in [-0.25, -0.2) is 4.39 Å². The van der Waals surface area contributed by atoms with Crippen LogP contribution in [0.5, 0.6) is 5.75 Å². The highest BCUT2D eigenvalue weighted by Gasteiger charge is 2.03. The number of hydrogen-bond donors (Lipinski definition) is 0. The summed E-state index contributed by atoms with van der Waals surface area (Å²) in [6.45, 7) is 0.429. The number of benzene rings is 1. The van der Waals surface area contributed by atoms with E-state index in [0.717, 1.165) is 5.16 Å². The van der Waals surface area contributed by atoms with Crippen molar-refractivity contribution in [3.63, 3.8) is 0 Å². The molecule has 0 radical (unpaired) electrons. The van der Waals surface area contributed by atoms with Gasteiger partial charge in [0.15, 0.2) is 16.7 Å².